The van der Waals surface area contributed by atoms with E-state index in [0.717, 1.165) is 32.5 Å². The molecule has 0 unspecified atom stereocenters. The highest BCUT2D eigenvalue weighted by atomic mass is 16.5. The highest BCUT2D eigenvalue weighted by molar-refractivity contribution is 5.69. The van der Waals surface area contributed by atoms with Crippen LogP contribution in [0.15, 0.2) is 0 Å². The van der Waals surface area contributed by atoms with Gasteiger partial charge in [-0.15, -0.1) is 0 Å². The third-order valence-electron chi connectivity index (χ3n) is 2.11. The maximum absolute atomic E-state index is 11.0. The van der Waals surface area contributed by atoms with Crippen molar-refractivity contribution in [3.8, 4) is 0 Å². The van der Waals surface area contributed by atoms with Crippen LogP contribution < -0.4 is 5.32 Å². The van der Waals surface area contributed by atoms with Crippen LogP contribution in [0.3, 0.4) is 0 Å². The zero-order valence-electron chi connectivity index (χ0n) is 11.0. The molecular formula is C12H25NO4. The molecule has 17 heavy (non-hydrogen) atoms. The molecule has 0 bridgehead atoms. The Labute approximate surface area is 104 Å². The lowest BCUT2D eigenvalue weighted by Gasteiger charge is -2.05. The maximum Gasteiger partial charge on any atom is 0.305 e. The summed E-state index contributed by atoms with van der Waals surface area (Å²) in [7, 11) is 1.66. The largest absolute Gasteiger partial charge is 0.466 e. The zero-order valence-corrected chi connectivity index (χ0v) is 11.0. The molecule has 0 aliphatic heterocycles. The van der Waals surface area contributed by atoms with Crippen LogP contribution in [0, 0.1) is 0 Å². The van der Waals surface area contributed by atoms with E-state index in [0.29, 0.717) is 26.2 Å². The quantitative estimate of drug-likeness (QED) is 0.411. The number of methoxy groups -OCH3 is 1. The molecule has 0 saturated heterocycles. The van der Waals surface area contributed by atoms with Gasteiger partial charge >= 0.3 is 5.97 Å². The van der Waals surface area contributed by atoms with E-state index < -0.39 is 0 Å². The van der Waals surface area contributed by atoms with Crippen molar-refractivity contribution < 1.29 is 19.0 Å². The summed E-state index contributed by atoms with van der Waals surface area (Å²) in [6.07, 6.45) is 2.29. The van der Waals surface area contributed by atoms with E-state index in [1.807, 2.05) is 6.92 Å². The molecule has 0 rings (SSSR count). The molecule has 0 aliphatic carbocycles. The maximum atomic E-state index is 11.0. The predicted octanol–water partition coefficient (Wildman–Crippen LogP) is 0.972. The van der Waals surface area contributed by atoms with E-state index in [4.69, 9.17) is 14.2 Å². The standard InChI is InChI=1S/C12H25NO4/c1-3-17-12(14)6-4-7-13-8-5-9-16-11-10-15-2/h13H,3-11H2,1-2H3. The molecule has 0 aromatic heterocycles. The number of ether oxygens (including phenoxy) is 3. The number of carbonyl (C=O) groups excluding carboxylic acids is 1. The fourth-order valence-electron chi connectivity index (χ4n) is 1.26. The van der Waals surface area contributed by atoms with Crippen molar-refractivity contribution in [2.75, 3.05) is 46.6 Å². The summed E-state index contributed by atoms with van der Waals surface area (Å²) in [4.78, 5) is 11.0. The normalized spacial score (nSPS) is 10.5. The number of rotatable bonds is 12. The highest BCUT2D eigenvalue weighted by Crippen LogP contribution is 1.91. The summed E-state index contributed by atoms with van der Waals surface area (Å²) in [6, 6.07) is 0. The lowest BCUT2D eigenvalue weighted by Crippen LogP contribution is -2.19. The molecule has 0 heterocycles. The second-order valence-corrected chi connectivity index (χ2v) is 3.62. The van der Waals surface area contributed by atoms with Crippen molar-refractivity contribution in [2.24, 2.45) is 0 Å². The van der Waals surface area contributed by atoms with Crippen molar-refractivity contribution in [3.63, 3.8) is 0 Å². The van der Waals surface area contributed by atoms with Gasteiger partial charge in [0.05, 0.1) is 19.8 Å². The van der Waals surface area contributed by atoms with Gasteiger partial charge in [0.15, 0.2) is 0 Å². The summed E-state index contributed by atoms with van der Waals surface area (Å²) in [6.45, 7) is 6.08. The predicted molar refractivity (Wildman–Crippen MR) is 66.0 cm³/mol. The van der Waals surface area contributed by atoms with Crippen LogP contribution in [0.4, 0.5) is 0 Å². The van der Waals surface area contributed by atoms with E-state index >= 15 is 0 Å². The molecule has 102 valence electrons. The first-order valence-corrected chi connectivity index (χ1v) is 6.24. The summed E-state index contributed by atoms with van der Waals surface area (Å²) in [5.41, 5.74) is 0. The Kier molecular flexibility index (Phi) is 12.9. The molecule has 0 amide bonds. The van der Waals surface area contributed by atoms with Gasteiger partial charge in [0.1, 0.15) is 0 Å². The third kappa shape index (κ3) is 13.3. The summed E-state index contributed by atoms with van der Waals surface area (Å²) < 4.78 is 15.0. The second kappa shape index (κ2) is 13.4. The molecule has 0 spiro atoms. The molecule has 1 N–H and O–H groups in total. The second-order valence-electron chi connectivity index (χ2n) is 3.62. The molecule has 0 saturated carbocycles. The van der Waals surface area contributed by atoms with E-state index in [1.165, 1.54) is 0 Å². The smallest absolute Gasteiger partial charge is 0.305 e. The van der Waals surface area contributed by atoms with Gasteiger partial charge in [-0.3, -0.25) is 4.79 Å². The lowest BCUT2D eigenvalue weighted by atomic mass is 10.3. The summed E-state index contributed by atoms with van der Waals surface area (Å²) >= 11 is 0. The fourth-order valence-corrected chi connectivity index (χ4v) is 1.26. The van der Waals surface area contributed by atoms with Crippen molar-refractivity contribution in [3.05, 3.63) is 0 Å². The third-order valence-corrected chi connectivity index (χ3v) is 2.11. The van der Waals surface area contributed by atoms with Gasteiger partial charge in [0, 0.05) is 20.1 Å². The van der Waals surface area contributed by atoms with Crippen LogP contribution in [-0.4, -0.2) is 52.6 Å². The molecule has 0 radical (unpaired) electrons. The molecule has 0 fully saturated rings. The number of esters is 1. The number of carbonyl (C=O) groups is 1. The van der Waals surface area contributed by atoms with Gasteiger partial charge in [-0.1, -0.05) is 0 Å². The molecule has 0 aromatic carbocycles. The molecule has 0 aromatic rings. The van der Waals surface area contributed by atoms with Crippen molar-refractivity contribution in [1.82, 2.24) is 5.32 Å². The number of hydrogen-bond acceptors (Lipinski definition) is 5. The van der Waals surface area contributed by atoms with Crippen LogP contribution in [0.5, 0.6) is 0 Å². The SMILES string of the molecule is CCOC(=O)CCCNCCCOCCOC. The minimum absolute atomic E-state index is 0.114. The van der Waals surface area contributed by atoms with Gasteiger partial charge in [0.25, 0.3) is 0 Å². The lowest BCUT2D eigenvalue weighted by molar-refractivity contribution is -0.143. The van der Waals surface area contributed by atoms with Crippen LogP contribution in [0.25, 0.3) is 0 Å². The van der Waals surface area contributed by atoms with Crippen LogP contribution in [-0.2, 0) is 19.0 Å². The van der Waals surface area contributed by atoms with Crippen LogP contribution >= 0.6 is 0 Å². The Hall–Kier alpha value is -0.650. The van der Waals surface area contributed by atoms with E-state index in [2.05, 4.69) is 5.32 Å². The van der Waals surface area contributed by atoms with Gasteiger partial charge in [-0.05, 0) is 32.9 Å². The molecule has 0 aliphatic rings. The molecule has 5 heteroatoms. The van der Waals surface area contributed by atoms with Crippen molar-refractivity contribution in [1.29, 1.82) is 0 Å². The van der Waals surface area contributed by atoms with Crippen molar-refractivity contribution in [2.45, 2.75) is 26.2 Å². The molecule has 5 nitrogen and oxygen atoms in total. The van der Waals surface area contributed by atoms with Crippen LogP contribution in [0.2, 0.25) is 0 Å². The average molecular weight is 247 g/mol. The van der Waals surface area contributed by atoms with Gasteiger partial charge in [-0.2, -0.15) is 0 Å². The summed E-state index contributed by atoms with van der Waals surface area (Å²) in [5, 5.41) is 3.25. The zero-order chi connectivity index (χ0) is 12.8. The van der Waals surface area contributed by atoms with E-state index in [-0.39, 0.29) is 5.97 Å². The summed E-state index contributed by atoms with van der Waals surface area (Å²) in [5.74, 6) is -0.114. The Balaban J connectivity index is 3.01. The Morgan fingerprint density at radius 1 is 1.12 bits per heavy atom. The average Bonchev–Trinajstić information content (AvgIpc) is 2.32. The first-order valence-electron chi connectivity index (χ1n) is 6.24. The number of nitrogens with one attached hydrogen (secondary N) is 1. The monoisotopic (exact) mass is 247 g/mol. The Morgan fingerprint density at radius 2 is 1.88 bits per heavy atom. The molecular weight excluding hydrogens is 222 g/mol. The highest BCUT2D eigenvalue weighted by Gasteiger charge is 1.99. The first kappa shape index (κ1) is 16.4. The molecule has 0 atom stereocenters. The van der Waals surface area contributed by atoms with Crippen molar-refractivity contribution >= 4 is 5.97 Å². The van der Waals surface area contributed by atoms with Crippen LogP contribution in [0.1, 0.15) is 26.2 Å². The van der Waals surface area contributed by atoms with Gasteiger partial charge < -0.3 is 19.5 Å². The topological polar surface area (TPSA) is 56.8 Å². The fraction of sp³-hybridized carbons (Fsp3) is 0.917. The minimum atomic E-state index is -0.114. The number of hydrogen-bond donors (Lipinski definition) is 1. The van der Waals surface area contributed by atoms with E-state index in [9.17, 15) is 4.79 Å². The Morgan fingerprint density at radius 3 is 2.59 bits per heavy atom. The minimum Gasteiger partial charge on any atom is -0.466 e. The van der Waals surface area contributed by atoms with E-state index in [1.54, 1.807) is 7.11 Å². The Bertz CT molecular complexity index is 176. The van der Waals surface area contributed by atoms with Gasteiger partial charge in [-0.25, -0.2) is 0 Å². The first-order chi connectivity index (χ1) is 8.31. The van der Waals surface area contributed by atoms with Gasteiger partial charge in [0.2, 0.25) is 0 Å².